The van der Waals surface area contributed by atoms with E-state index in [0.29, 0.717) is 6.42 Å². The Hall–Kier alpha value is -1.17. The largest absolute Gasteiger partial charge is 0.416 e. The molecule has 1 aliphatic carbocycles. The summed E-state index contributed by atoms with van der Waals surface area (Å²) in [5.41, 5.74) is -0.318. The molecule has 0 radical (unpaired) electrons. The van der Waals surface area contributed by atoms with E-state index >= 15 is 0 Å². The molecule has 1 saturated carbocycles. The SMILES string of the molecule is CSC(C)C(=O)NC1CC1c1ccccc1C(F)(F)F. The lowest BCUT2D eigenvalue weighted by molar-refractivity contribution is -0.138. The molecule has 20 heavy (non-hydrogen) atoms. The number of amides is 1. The minimum Gasteiger partial charge on any atom is -0.352 e. The molecular formula is C14H16F3NOS. The summed E-state index contributed by atoms with van der Waals surface area (Å²) in [6.45, 7) is 1.78. The zero-order valence-electron chi connectivity index (χ0n) is 11.2. The van der Waals surface area contributed by atoms with Crippen LogP contribution in [0.4, 0.5) is 13.2 Å². The molecule has 1 aromatic carbocycles. The van der Waals surface area contributed by atoms with Gasteiger partial charge in [0.05, 0.1) is 10.8 Å². The van der Waals surface area contributed by atoms with Gasteiger partial charge in [-0.2, -0.15) is 24.9 Å². The van der Waals surface area contributed by atoms with Crippen LogP contribution in [0, 0.1) is 0 Å². The number of benzene rings is 1. The van der Waals surface area contributed by atoms with E-state index in [-0.39, 0.29) is 28.7 Å². The predicted molar refractivity (Wildman–Crippen MR) is 73.7 cm³/mol. The highest BCUT2D eigenvalue weighted by Crippen LogP contribution is 2.46. The van der Waals surface area contributed by atoms with Gasteiger partial charge in [0, 0.05) is 12.0 Å². The molecular weight excluding hydrogens is 287 g/mol. The molecule has 1 aliphatic rings. The Morgan fingerprint density at radius 3 is 2.65 bits per heavy atom. The maximum Gasteiger partial charge on any atom is 0.416 e. The highest BCUT2D eigenvalue weighted by Gasteiger charge is 2.45. The summed E-state index contributed by atoms with van der Waals surface area (Å²) in [7, 11) is 0. The van der Waals surface area contributed by atoms with Gasteiger partial charge in [-0.25, -0.2) is 0 Å². The smallest absolute Gasteiger partial charge is 0.352 e. The average Bonchev–Trinajstić information content (AvgIpc) is 3.15. The normalized spacial score (nSPS) is 23.2. The molecule has 0 bridgehead atoms. The molecule has 0 heterocycles. The number of thioether (sulfide) groups is 1. The van der Waals surface area contributed by atoms with Crippen LogP contribution in [-0.4, -0.2) is 23.5 Å². The lowest BCUT2D eigenvalue weighted by Gasteiger charge is -2.13. The molecule has 1 amide bonds. The van der Waals surface area contributed by atoms with Gasteiger partial charge in [0.2, 0.25) is 5.91 Å². The van der Waals surface area contributed by atoms with Crippen LogP contribution < -0.4 is 5.32 Å². The monoisotopic (exact) mass is 303 g/mol. The first-order valence-corrected chi connectivity index (χ1v) is 7.62. The number of carbonyl (C=O) groups excluding carboxylic acids is 1. The summed E-state index contributed by atoms with van der Waals surface area (Å²) >= 11 is 1.42. The van der Waals surface area contributed by atoms with Crippen molar-refractivity contribution in [1.82, 2.24) is 5.32 Å². The van der Waals surface area contributed by atoms with Gasteiger partial charge in [-0.1, -0.05) is 18.2 Å². The van der Waals surface area contributed by atoms with Crippen LogP contribution in [-0.2, 0) is 11.0 Å². The lowest BCUT2D eigenvalue weighted by Crippen LogP contribution is -2.33. The van der Waals surface area contributed by atoms with Gasteiger partial charge in [0.1, 0.15) is 0 Å². The predicted octanol–water partition coefficient (Wildman–Crippen LogP) is 3.43. The minimum absolute atomic E-state index is 0.116. The Bertz CT molecular complexity index is 503. The minimum atomic E-state index is -4.35. The first-order chi connectivity index (χ1) is 9.34. The molecule has 6 heteroatoms. The zero-order valence-corrected chi connectivity index (χ0v) is 12.0. The second kappa shape index (κ2) is 5.68. The fraction of sp³-hybridized carbons (Fsp3) is 0.500. The standard InChI is InChI=1S/C14H16F3NOS/c1-8(20-2)13(19)18-12-7-10(12)9-5-3-4-6-11(9)14(15,16)17/h3-6,8,10,12H,7H2,1-2H3,(H,18,19). The summed E-state index contributed by atoms with van der Waals surface area (Å²) in [6.07, 6.45) is -1.95. The maximum absolute atomic E-state index is 12.9. The molecule has 2 rings (SSSR count). The van der Waals surface area contributed by atoms with Gasteiger partial charge in [0.15, 0.2) is 0 Å². The van der Waals surface area contributed by atoms with Gasteiger partial charge < -0.3 is 5.32 Å². The van der Waals surface area contributed by atoms with Gasteiger partial charge in [-0.05, 0) is 31.2 Å². The van der Waals surface area contributed by atoms with Crippen molar-refractivity contribution >= 4 is 17.7 Å². The van der Waals surface area contributed by atoms with Crippen molar-refractivity contribution in [2.45, 2.75) is 36.7 Å². The summed E-state index contributed by atoms with van der Waals surface area (Å²) in [5.74, 6) is -0.347. The molecule has 3 atom stereocenters. The Morgan fingerprint density at radius 1 is 1.40 bits per heavy atom. The Morgan fingerprint density at radius 2 is 2.05 bits per heavy atom. The summed E-state index contributed by atoms with van der Waals surface area (Å²) in [4.78, 5) is 11.7. The molecule has 0 spiro atoms. The van der Waals surface area contributed by atoms with Crippen molar-refractivity contribution < 1.29 is 18.0 Å². The van der Waals surface area contributed by atoms with Gasteiger partial charge in [0.25, 0.3) is 0 Å². The van der Waals surface area contributed by atoms with Crippen LogP contribution in [0.3, 0.4) is 0 Å². The van der Waals surface area contributed by atoms with E-state index in [9.17, 15) is 18.0 Å². The summed E-state index contributed by atoms with van der Waals surface area (Å²) in [6, 6.07) is 5.40. The van der Waals surface area contributed by atoms with Crippen molar-refractivity contribution in [1.29, 1.82) is 0 Å². The number of halogens is 3. The van der Waals surface area contributed by atoms with Crippen LogP contribution in [0.25, 0.3) is 0 Å². The second-order valence-corrected chi connectivity index (χ2v) is 6.10. The van der Waals surface area contributed by atoms with Crippen molar-refractivity contribution in [2.24, 2.45) is 0 Å². The Labute approximate surface area is 120 Å². The number of rotatable bonds is 4. The molecule has 1 N–H and O–H groups in total. The third kappa shape index (κ3) is 3.29. The second-order valence-electron chi connectivity index (χ2n) is 4.92. The fourth-order valence-corrected chi connectivity index (χ4v) is 2.47. The van der Waals surface area contributed by atoms with Crippen molar-refractivity contribution in [3.05, 3.63) is 35.4 Å². The number of nitrogens with one attached hydrogen (secondary N) is 1. The van der Waals surface area contributed by atoms with E-state index < -0.39 is 11.7 Å². The third-order valence-corrected chi connectivity index (χ3v) is 4.43. The molecule has 0 aromatic heterocycles. The summed E-state index contributed by atoms with van der Waals surface area (Å²) < 4.78 is 38.8. The quantitative estimate of drug-likeness (QED) is 0.923. The van der Waals surface area contributed by atoms with E-state index in [0.717, 1.165) is 6.07 Å². The van der Waals surface area contributed by atoms with Crippen LogP contribution in [0.15, 0.2) is 24.3 Å². The lowest BCUT2D eigenvalue weighted by atomic mass is 10.0. The highest BCUT2D eigenvalue weighted by atomic mass is 32.2. The maximum atomic E-state index is 12.9. The topological polar surface area (TPSA) is 29.1 Å². The van der Waals surface area contributed by atoms with Crippen LogP contribution in [0.2, 0.25) is 0 Å². The molecule has 110 valence electrons. The Kier molecular flexibility index (Phi) is 4.32. The molecule has 1 fully saturated rings. The van der Waals surface area contributed by atoms with Crippen LogP contribution in [0.5, 0.6) is 0 Å². The van der Waals surface area contributed by atoms with E-state index in [1.54, 1.807) is 13.0 Å². The van der Waals surface area contributed by atoms with Gasteiger partial charge in [-0.3, -0.25) is 4.79 Å². The van der Waals surface area contributed by atoms with E-state index in [1.807, 2.05) is 6.26 Å². The zero-order chi connectivity index (χ0) is 14.9. The number of hydrogen-bond acceptors (Lipinski definition) is 2. The van der Waals surface area contributed by atoms with Crippen LogP contribution >= 0.6 is 11.8 Å². The fourth-order valence-electron chi connectivity index (χ4n) is 2.18. The number of alkyl halides is 3. The first-order valence-electron chi connectivity index (χ1n) is 6.34. The van der Waals surface area contributed by atoms with Gasteiger partial charge >= 0.3 is 6.18 Å². The molecule has 1 aromatic rings. The molecule has 0 aliphatic heterocycles. The molecule has 2 nitrogen and oxygen atoms in total. The average molecular weight is 303 g/mol. The summed E-state index contributed by atoms with van der Waals surface area (Å²) in [5, 5.41) is 2.62. The van der Waals surface area contributed by atoms with E-state index in [2.05, 4.69) is 5.32 Å². The number of hydrogen-bond donors (Lipinski definition) is 1. The molecule has 0 saturated heterocycles. The van der Waals surface area contributed by atoms with Crippen molar-refractivity contribution in [3.8, 4) is 0 Å². The number of carbonyl (C=O) groups is 1. The first kappa shape index (κ1) is 15.2. The third-order valence-electron chi connectivity index (χ3n) is 3.51. The van der Waals surface area contributed by atoms with E-state index in [1.165, 1.54) is 23.9 Å². The van der Waals surface area contributed by atoms with Crippen LogP contribution in [0.1, 0.15) is 30.4 Å². The van der Waals surface area contributed by atoms with Crippen molar-refractivity contribution in [2.75, 3.05) is 6.26 Å². The van der Waals surface area contributed by atoms with Gasteiger partial charge in [-0.15, -0.1) is 0 Å². The van der Waals surface area contributed by atoms with Crippen molar-refractivity contribution in [3.63, 3.8) is 0 Å². The highest BCUT2D eigenvalue weighted by molar-refractivity contribution is 7.99. The molecule has 3 unspecified atom stereocenters. The van der Waals surface area contributed by atoms with E-state index in [4.69, 9.17) is 0 Å². The Balaban J connectivity index is 2.08.